The zero-order valence-corrected chi connectivity index (χ0v) is 9.96. The Morgan fingerprint density at radius 3 is 2.94 bits per heavy atom. The van der Waals surface area contributed by atoms with Crippen molar-refractivity contribution in [2.45, 2.75) is 12.8 Å². The third-order valence-electron chi connectivity index (χ3n) is 3.03. The molecule has 0 spiro atoms. The number of rotatable bonds is 3. The lowest BCUT2D eigenvalue weighted by atomic mass is 10.00. The predicted octanol–water partition coefficient (Wildman–Crippen LogP) is 1.21. The highest BCUT2D eigenvalue weighted by Crippen LogP contribution is 2.18. The lowest BCUT2D eigenvalue weighted by Gasteiger charge is -2.27. The average molecular weight is 232 g/mol. The first-order chi connectivity index (χ1) is 8.29. The third-order valence-corrected chi connectivity index (χ3v) is 3.03. The standard InChI is InChI=1S/C12H16N4O/c1-16(8-10-2-4-17-5-3-10)12-6-11(7-13)14-9-15-12/h6,9-10H,2-5,8H2,1H3. The van der Waals surface area contributed by atoms with Gasteiger partial charge in [0.05, 0.1) is 0 Å². The normalized spacial score (nSPS) is 16.5. The molecule has 0 aliphatic carbocycles. The van der Waals surface area contributed by atoms with E-state index in [0.29, 0.717) is 11.6 Å². The van der Waals surface area contributed by atoms with E-state index in [1.54, 1.807) is 6.07 Å². The average Bonchev–Trinajstić information content (AvgIpc) is 2.40. The second kappa shape index (κ2) is 5.60. The highest BCUT2D eigenvalue weighted by molar-refractivity contribution is 5.40. The van der Waals surface area contributed by atoms with E-state index >= 15 is 0 Å². The number of aromatic nitrogens is 2. The fourth-order valence-electron chi connectivity index (χ4n) is 2.03. The number of hydrogen-bond donors (Lipinski definition) is 0. The molecule has 2 rings (SSSR count). The van der Waals surface area contributed by atoms with Gasteiger partial charge in [0.1, 0.15) is 23.9 Å². The number of nitriles is 1. The Hall–Kier alpha value is -1.67. The Morgan fingerprint density at radius 1 is 1.47 bits per heavy atom. The van der Waals surface area contributed by atoms with E-state index < -0.39 is 0 Å². The van der Waals surface area contributed by atoms with Crippen LogP contribution < -0.4 is 4.90 Å². The van der Waals surface area contributed by atoms with Crippen molar-refractivity contribution in [3.05, 3.63) is 18.1 Å². The quantitative estimate of drug-likeness (QED) is 0.784. The first kappa shape index (κ1) is 11.8. The summed E-state index contributed by atoms with van der Waals surface area (Å²) in [6.45, 7) is 2.66. The molecule has 0 unspecified atom stereocenters. The van der Waals surface area contributed by atoms with Gasteiger partial charge in [-0.2, -0.15) is 5.26 Å². The van der Waals surface area contributed by atoms with Crippen molar-refractivity contribution in [1.82, 2.24) is 9.97 Å². The van der Waals surface area contributed by atoms with Crippen LogP contribution >= 0.6 is 0 Å². The zero-order chi connectivity index (χ0) is 12.1. The van der Waals surface area contributed by atoms with Gasteiger partial charge in [-0.05, 0) is 18.8 Å². The SMILES string of the molecule is CN(CC1CCOCC1)c1cc(C#N)ncn1. The van der Waals surface area contributed by atoms with Gasteiger partial charge in [0.15, 0.2) is 0 Å². The van der Waals surface area contributed by atoms with Crippen molar-refractivity contribution in [2.24, 2.45) is 5.92 Å². The van der Waals surface area contributed by atoms with E-state index in [9.17, 15) is 0 Å². The summed E-state index contributed by atoms with van der Waals surface area (Å²) in [5.41, 5.74) is 0.411. The molecule has 5 heteroatoms. The molecule has 1 aromatic heterocycles. The molecular formula is C12H16N4O. The topological polar surface area (TPSA) is 62.0 Å². The minimum atomic E-state index is 0.411. The van der Waals surface area contributed by atoms with Crippen LogP contribution in [-0.4, -0.2) is 36.8 Å². The number of anilines is 1. The minimum Gasteiger partial charge on any atom is -0.381 e. The molecular weight excluding hydrogens is 216 g/mol. The van der Waals surface area contributed by atoms with Crippen molar-refractivity contribution < 1.29 is 4.74 Å². The maximum atomic E-state index is 8.79. The molecule has 0 amide bonds. The summed E-state index contributed by atoms with van der Waals surface area (Å²) >= 11 is 0. The number of hydrogen-bond acceptors (Lipinski definition) is 5. The zero-order valence-electron chi connectivity index (χ0n) is 9.96. The molecule has 1 aliphatic heterocycles. The molecule has 0 aromatic carbocycles. The lowest BCUT2D eigenvalue weighted by Crippen LogP contribution is -2.30. The van der Waals surface area contributed by atoms with Gasteiger partial charge in [-0.15, -0.1) is 0 Å². The van der Waals surface area contributed by atoms with Gasteiger partial charge < -0.3 is 9.64 Å². The van der Waals surface area contributed by atoms with Crippen molar-refractivity contribution in [1.29, 1.82) is 5.26 Å². The fraction of sp³-hybridized carbons (Fsp3) is 0.583. The summed E-state index contributed by atoms with van der Waals surface area (Å²) in [5.74, 6) is 1.46. The molecule has 1 saturated heterocycles. The highest BCUT2D eigenvalue weighted by Gasteiger charge is 2.16. The molecule has 0 N–H and O–H groups in total. The van der Waals surface area contributed by atoms with E-state index in [1.807, 2.05) is 13.1 Å². The molecule has 2 heterocycles. The number of ether oxygens (including phenoxy) is 1. The van der Waals surface area contributed by atoms with Gasteiger partial charge in [-0.25, -0.2) is 9.97 Å². The van der Waals surface area contributed by atoms with Crippen LogP contribution in [0.3, 0.4) is 0 Å². The second-order valence-corrected chi connectivity index (χ2v) is 4.31. The molecule has 1 aromatic rings. The number of nitrogens with zero attached hydrogens (tertiary/aromatic N) is 4. The summed E-state index contributed by atoms with van der Waals surface area (Å²) in [5, 5.41) is 8.79. The van der Waals surface area contributed by atoms with E-state index in [1.165, 1.54) is 6.33 Å². The predicted molar refractivity (Wildman–Crippen MR) is 63.6 cm³/mol. The van der Waals surface area contributed by atoms with E-state index in [-0.39, 0.29) is 0 Å². The molecule has 90 valence electrons. The van der Waals surface area contributed by atoms with Crippen LogP contribution in [0.2, 0.25) is 0 Å². The third kappa shape index (κ3) is 3.14. The van der Waals surface area contributed by atoms with Gasteiger partial charge in [0.25, 0.3) is 0 Å². The van der Waals surface area contributed by atoms with E-state index in [2.05, 4.69) is 14.9 Å². The van der Waals surface area contributed by atoms with Crippen molar-refractivity contribution in [3.8, 4) is 6.07 Å². The molecule has 1 fully saturated rings. The summed E-state index contributed by atoms with van der Waals surface area (Å²) in [7, 11) is 2.00. The smallest absolute Gasteiger partial charge is 0.145 e. The van der Waals surface area contributed by atoms with Gasteiger partial charge in [-0.1, -0.05) is 0 Å². The molecule has 1 aliphatic rings. The van der Waals surface area contributed by atoms with Crippen LogP contribution in [0.1, 0.15) is 18.5 Å². The van der Waals surface area contributed by atoms with Gasteiger partial charge in [0.2, 0.25) is 0 Å². The first-order valence-electron chi connectivity index (χ1n) is 5.80. The molecule has 0 atom stereocenters. The fourth-order valence-corrected chi connectivity index (χ4v) is 2.03. The minimum absolute atomic E-state index is 0.411. The van der Waals surface area contributed by atoms with Crippen LogP contribution in [0.15, 0.2) is 12.4 Å². The Balaban J connectivity index is 1.98. The van der Waals surface area contributed by atoms with Crippen molar-refractivity contribution in [2.75, 3.05) is 31.7 Å². The molecule has 0 saturated carbocycles. The molecule has 0 radical (unpaired) electrons. The van der Waals surface area contributed by atoms with Crippen LogP contribution in [0.5, 0.6) is 0 Å². The van der Waals surface area contributed by atoms with E-state index in [4.69, 9.17) is 10.00 Å². The molecule has 0 bridgehead atoms. The van der Waals surface area contributed by atoms with Crippen LogP contribution in [0.25, 0.3) is 0 Å². The molecule has 17 heavy (non-hydrogen) atoms. The summed E-state index contributed by atoms with van der Waals surface area (Å²) in [6, 6.07) is 3.75. The largest absolute Gasteiger partial charge is 0.381 e. The van der Waals surface area contributed by atoms with Crippen molar-refractivity contribution >= 4 is 5.82 Å². The summed E-state index contributed by atoms with van der Waals surface area (Å²) in [6.07, 6.45) is 3.63. The van der Waals surface area contributed by atoms with Crippen molar-refractivity contribution in [3.63, 3.8) is 0 Å². The Bertz CT molecular complexity index is 409. The Morgan fingerprint density at radius 2 is 2.24 bits per heavy atom. The van der Waals surface area contributed by atoms with Crippen LogP contribution in [-0.2, 0) is 4.74 Å². The van der Waals surface area contributed by atoms with Crippen LogP contribution in [0, 0.1) is 17.2 Å². The molecule has 5 nitrogen and oxygen atoms in total. The maximum absolute atomic E-state index is 8.79. The van der Waals surface area contributed by atoms with Gasteiger partial charge in [-0.3, -0.25) is 0 Å². The van der Waals surface area contributed by atoms with Gasteiger partial charge in [0, 0.05) is 32.9 Å². The monoisotopic (exact) mass is 232 g/mol. The summed E-state index contributed by atoms with van der Waals surface area (Å²) in [4.78, 5) is 10.1. The summed E-state index contributed by atoms with van der Waals surface area (Å²) < 4.78 is 5.34. The maximum Gasteiger partial charge on any atom is 0.145 e. The Labute approximate surface area is 101 Å². The lowest BCUT2D eigenvalue weighted by molar-refractivity contribution is 0.0685. The second-order valence-electron chi connectivity index (χ2n) is 4.31. The van der Waals surface area contributed by atoms with E-state index in [0.717, 1.165) is 38.4 Å². The first-order valence-corrected chi connectivity index (χ1v) is 5.80. The Kier molecular flexibility index (Phi) is 3.89. The van der Waals surface area contributed by atoms with Gasteiger partial charge >= 0.3 is 0 Å². The van der Waals surface area contributed by atoms with Crippen LogP contribution in [0.4, 0.5) is 5.82 Å². The highest BCUT2D eigenvalue weighted by atomic mass is 16.5.